The second-order valence-corrected chi connectivity index (χ2v) is 6.48. The molecular formula is C17H20ClN5O2. The maximum Gasteiger partial charge on any atom is 0.321 e. The number of urea groups is 1. The van der Waals surface area contributed by atoms with Crippen LogP contribution in [-0.4, -0.2) is 34.3 Å². The molecule has 7 nitrogen and oxygen atoms in total. The van der Waals surface area contributed by atoms with Crippen LogP contribution >= 0.6 is 11.6 Å². The van der Waals surface area contributed by atoms with Gasteiger partial charge in [-0.2, -0.15) is 5.10 Å². The quantitative estimate of drug-likeness (QED) is 0.780. The highest BCUT2D eigenvalue weighted by Crippen LogP contribution is 2.17. The van der Waals surface area contributed by atoms with Gasteiger partial charge in [0.25, 0.3) is 0 Å². The first kappa shape index (κ1) is 17.3. The summed E-state index contributed by atoms with van der Waals surface area (Å²) >= 11 is 5.90. The molecule has 0 spiro atoms. The molecule has 0 unspecified atom stereocenters. The van der Waals surface area contributed by atoms with Crippen LogP contribution in [0.15, 0.2) is 30.5 Å². The van der Waals surface area contributed by atoms with Crippen molar-refractivity contribution in [3.8, 4) is 0 Å². The largest absolute Gasteiger partial charge is 0.354 e. The van der Waals surface area contributed by atoms with Crippen molar-refractivity contribution in [3.05, 3.63) is 46.6 Å². The van der Waals surface area contributed by atoms with Crippen LogP contribution in [0.1, 0.15) is 24.0 Å². The van der Waals surface area contributed by atoms with Gasteiger partial charge in [0.05, 0.1) is 12.7 Å². The molecule has 132 valence electrons. The van der Waals surface area contributed by atoms with Crippen molar-refractivity contribution in [1.82, 2.24) is 20.4 Å². The average molecular weight is 362 g/mol. The molecule has 0 bridgehead atoms. The number of rotatable bonds is 4. The molecule has 1 aromatic carbocycles. The fraction of sp³-hybridized carbons (Fsp3) is 0.353. The van der Waals surface area contributed by atoms with Gasteiger partial charge in [0.2, 0.25) is 5.91 Å². The number of carbonyl (C=O) groups excluding carboxylic acids is 2. The number of aromatic nitrogens is 2. The molecule has 1 atom stereocenters. The summed E-state index contributed by atoms with van der Waals surface area (Å²) in [6, 6.07) is 6.54. The zero-order valence-electron chi connectivity index (χ0n) is 13.9. The van der Waals surface area contributed by atoms with E-state index in [0.717, 1.165) is 17.5 Å². The second kappa shape index (κ2) is 7.57. The van der Waals surface area contributed by atoms with Gasteiger partial charge in [-0.15, -0.1) is 0 Å². The summed E-state index contributed by atoms with van der Waals surface area (Å²) in [5.41, 5.74) is 1.86. The molecule has 0 saturated carbocycles. The summed E-state index contributed by atoms with van der Waals surface area (Å²) in [5.74, 6) is 0.455. The van der Waals surface area contributed by atoms with Crippen molar-refractivity contribution >= 4 is 29.4 Å². The summed E-state index contributed by atoms with van der Waals surface area (Å²) in [4.78, 5) is 24.0. The van der Waals surface area contributed by atoms with Crippen LogP contribution in [0.4, 0.5) is 10.6 Å². The number of hydrogen-bond acceptors (Lipinski definition) is 3. The van der Waals surface area contributed by atoms with Crippen LogP contribution in [0.2, 0.25) is 5.02 Å². The van der Waals surface area contributed by atoms with Gasteiger partial charge in [0, 0.05) is 17.1 Å². The van der Waals surface area contributed by atoms with Gasteiger partial charge in [-0.25, -0.2) is 9.48 Å². The summed E-state index contributed by atoms with van der Waals surface area (Å²) in [7, 11) is 0. The van der Waals surface area contributed by atoms with Crippen LogP contribution in [0.3, 0.4) is 0 Å². The zero-order valence-corrected chi connectivity index (χ0v) is 14.6. The highest BCUT2D eigenvalue weighted by atomic mass is 35.5. The standard InChI is InChI=1S/C17H20ClN5O2/c1-11-9-20-23(10-12-4-6-13(18)7-5-12)15(11)22-17(25)21-14-3-2-8-19-16(14)24/h4-7,9,14H,2-3,8,10H2,1H3,(H,19,24)(H2,21,22,25)/t14-/m0/s1. The molecule has 1 aromatic heterocycles. The maximum atomic E-state index is 12.3. The predicted molar refractivity (Wildman–Crippen MR) is 95.7 cm³/mol. The minimum atomic E-state index is -0.498. The molecule has 1 aliphatic rings. The van der Waals surface area contributed by atoms with Crippen molar-refractivity contribution in [1.29, 1.82) is 0 Å². The molecule has 1 aliphatic heterocycles. The van der Waals surface area contributed by atoms with E-state index in [9.17, 15) is 9.59 Å². The number of aryl methyl sites for hydroxylation is 1. The third kappa shape index (κ3) is 4.30. The van der Waals surface area contributed by atoms with Crippen LogP contribution < -0.4 is 16.0 Å². The molecule has 0 aliphatic carbocycles. The molecule has 1 fully saturated rings. The number of nitrogens with one attached hydrogen (secondary N) is 3. The summed E-state index contributed by atoms with van der Waals surface area (Å²) in [6.07, 6.45) is 3.19. The first-order valence-electron chi connectivity index (χ1n) is 8.15. The highest BCUT2D eigenvalue weighted by molar-refractivity contribution is 6.30. The molecule has 1 saturated heterocycles. The first-order valence-corrected chi connectivity index (χ1v) is 8.53. The van der Waals surface area contributed by atoms with E-state index in [-0.39, 0.29) is 5.91 Å². The molecule has 0 radical (unpaired) electrons. The molecule has 3 N–H and O–H groups in total. The Balaban J connectivity index is 1.67. The van der Waals surface area contributed by atoms with Gasteiger partial charge in [-0.05, 0) is 37.5 Å². The number of carbonyl (C=O) groups is 2. The minimum absolute atomic E-state index is 0.146. The van der Waals surface area contributed by atoms with Crippen molar-refractivity contribution in [2.75, 3.05) is 11.9 Å². The Morgan fingerprint density at radius 1 is 1.40 bits per heavy atom. The lowest BCUT2D eigenvalue weighted by Gasteiger charge is -2.23. The summed E-state index contributed by atoms with van der Waals surface area (Å²) in [5, 5.41) is 13.2. The SMILES string of the molecule is Cc1cnn(Cc2ccc(Cl)cc2)c1NC(=O)N[C@H]1CCCNC1=O. The number of anilines is 1. The lowest BCUT2D eigenvalue weighted by Crippen LogP contribution is -2.51. The molecule has 3 amide bonds. The van der Waals surface area contributed by atoms with Crippen molar-refractivity contribution in [2.24, 2.45) is 0 Å². The van der Waals surface area contributed by atoms with Gasteiger partial charge in [-0.1, -0.05) is 23.7 Å². The Kier molecular flexibility index (Phi) is 5.23. The topological polar surface area (TPSA) is 88.1 Å². The van der Waals surface area contributed by atoms with Crippen LogP contribution in [0, 0.1) is 6.92 Å². The van der Waals surface area contributed by atoms with Gasteiger partial charge in [0.1, 0.15) is 11.9 Å². The number of halogens is 1. The number of nitrogens with zero attached hydrogens (tertiary/aromatic N) is 2. The van der Waals surface area contributed by atoms with E-state index in [0.29, 0.717) is 30.4 Å². The van der Waals surface area contributed by atoms with E-state index in [1.807, 2.05) is 31.2 Å². The van der Waals surface area contributed by atoms with Crippen molar-refractivity contribution in [3.63, 3.8) is 0 Å². The van der Waals surface area contributed by atoms with Gasteiger partial charge < -0.3 is 10.6 Å². The van der Waals surface area contributed by atoms with Crippen LogP contribution in [-0.2, 0) is 11.3 Å². The van der Waals surface area contributed by atoms with Gasteiger partial charge in [0.15, 0.2) is 0 Å². The van der Waals surface area contributed by atoms with Crippen LogP contribution in [0.5, 0.6) is 0 Å². The third-order valence-electron chi connectivity index (χ3n) is 4.09. The molecule has 3 rings (SSSR count). The summed E-state index contributed by atoms with van der Waals surface area (Å²) in [6.45, 7) is 3.03. The monoisotopic (exact) mass is 361 g/mol. The number of piperidine rings is 1. The van der Waals surface area contributed by atoms with E-state index >= 15 is 0 Å². The van der Waals surface area contributed by atoms with Crippen molar-refractivity contribution < 1.29 is 9.59 Å². The van der Waals surface area contributed by atoms with E-state index in [1.165, 1.54) is 0 Å². The Morgan fingerprint density at radius 3 is 2.88 bits per heavy atom. The molecule has 2 aromatic rings. The van der Waals surface area contributed by atoms with E-state index < -0.39 is 12.1 Å². The first-order chi connectivity index (χ1) is 12.0. The van der Waals surface area contributed by atoms with Crippen LogP contribution in [0.25, 0.3) is 0 Å². The Morgan fingerprint density at radius 2 is 2.16 bits per heavy atom. The smallest absolute Gasteiger partial charge is 0.321 e. The van der Waals surface area contributed by atoms with Gasteiger partial charge >= 0.3 is 6.03 Å². The third-order valence-corrected chi connectivity index (χ3v) is 4.34. The minimum Gasteiger partial charge on any atom is -0.354 e. The molecule has 8 heteroatoms. The molecule has 25 heavy (non-hydrogen) atoms. The fourth-order valence-electron chi connectivity index (χ4n) is 2.74. The molecular weight excluding hydrogens is 342 g/mol. The average Bonchev–Trinajstić information content (AvgIpc) is 2.92. The predicted octanol–water partition coefficient (Wildman–Crippen LogP) is 2.29. The maximum absolute atomic E-state index is 12.3. The zero-order chi connectivity index (χ0) is 17.8. The Labute approximate surface area is 150 Å². The fourth-order valence-corrected chi connectivity index (χ4v) is 2.86. The van der Waals surface area contributed by atoms with Crippen molar-refractivity contribution in [2.45, 2.75) is 32.4 Å². The van der Waals surface area contributed by atoms with E-state index in [1.54, 1.807) is 10.9 Å². The summed E-state index contributed by atoms with van der Waals surface area (Å²) < 4.78 is 1.71. The van der Waals surface area contributed by atoms with E-state index in [2.05, 4.69) is 21.0 Å². The van der Waals surface area contributed by atoms with E-state index in [4.69, 9.17) is 11.6 Å². The Hall–Kier alpha value is -2.54. The lowest BCUT2D eigenvalue weighted by atomic mass is 10.1. The number of amides is 3. The number of benzene rings is 1. The van der Waals surface area contributed by atoms with Gasteiger partial charge in [-0.3, -0.25) is 10.1 Å². The second-order valence-electron chi connectivity index (χ2n) is 6.04. The Bertz CT molecular complexity index is 772. The normalized spacial score (nSPS) is 17.0. The number of hydrogen-bond donors (Lipinski definition) is 3. The highest BCUT2D eigenvalue weighted by Gasteiger charge is 2.24. The lowest BCUT2D eigenvalue weighted by molar-refractivity contribution is -0.124. The molecule has 2 heterocycles.